The number of rotatable bonds is 6. The standard InChI is InChI=1S/C34H42F5N3O3/c1-31-18-27(22-5-3-21(4-6-22)19-41-13-15-42(16-14-41)20-29(44)40-2)30-25-10-8-24(43)17-23(25)7-9-26(30)28(31)11-12-32(31,45)33(35,36)34(37,38)39/h3-6,17,26-28,45H,7-16,18-20H2,1-2H3,(H,40,44)/t26-,27+,28-,31-,32-/m0/s1. The van der Waals surface area contributed by atoms with Crippen LogP contribution in [-0.2, 0) is 16.1 Å². The molecule has 1 saturated heterocycles. The molecule has 2 N–H and O–H groups in total. The SMILES string of the molecule is CNC(=O)CN1CCN(Cc2ccc([C@H]3C[C@@]4(C)[C@@H](CC[C@@]4(O)C(F)(F)C(F)(F)F)[C@@H]4CCC5=CC(=O)CCC5=C43)cc2)CC1. The predicted octanol–water partition coefficient (Wildman–Crippen LogP) is 5.38. The highest BCUT2D eigenvalue weighted by Crippen LogP contribution is 2.70. The van der Waals surface area contributed by atoms with Gasteiger partial charge in [0, 0.05) is 57.5 Å². The van der Waals surface area contributed by atoms with E-state index in [0.717, 1.165) is 54.0 Å². The van der Waals surface area contributed by atoms with Crippen LogP contribution in [0.4, 0.5) is 22.0 Å². The Morgan fingerprint density at radius 2 is 1.67 bits per heavy atom. The molecule has 0 spiro atoms. The number of aliphatic hydroxyl groups is 1. The topological polar surface area (TPSA) is 72.9 Å². The molecule has 0 bridgehead atoms. The quantitative estimate of drug-likeness (QED) is 0.411. The Kier molecular flexibility index (Phi) is 8.30. The van der Waals surface area contributed by atoms with Crippen LogP contribution in [0.5, 0.6) is 0 Å². The van der Waals surface area contributed by atoms with Crippen LogP contribution in [-0.4, -0.2) is 84.1 Å². The van der Waals surface area contributed by atoms with E-state index < -0.39 is 41.4 Å². The zero-order chi connectivity index (χ0) is 32.4. The molecule has 4 aliphatic carbocycles. The summed E-state index contributed by atoms with van der Waals surface area (Å²) < 4.78 is 71.9. The molecule has 0 radical (unpaired) electrons. The second-order valence-corrected chi connectivity index (χ2v) is 13.9. The number of halogens is 5. The fourth-order valence-electron chi connectivity index (χ4n) is 9.22. The number of hydrogen-bond donors (Lipinski definition) is 2. The molecule has 0 unspecified atom stereocenters. The molecule has 2 saturated carbocycles. The minimum atomic E-state index is -5.87. The third kappa shape index (κ3) is 5.36. The zero-order valence-corrected chi connectivity index (χ0v) is 25.9. The molecular formula is C34H42F5N3O3. The van der Waals surface area contributed by atoms with Crippen LogP contribution in [0, 0.1) is 17.3 Å². The summed E-state index contributed by atoms with van der Waals surface area (Å²) in [4.78, 5) is 28.4. The highest BCUT2D eigenvalue weighted by Gasteiger charge is 2.79. The minimum Gasteiger partial charge on any atom is -0.383 e. The molecule has 11 heteroatoms. The van der Waals surface area contributed by atoms with Crippen molar-refractivity contribution in [2.24, 2.45) is 17.3 Å². The van der Waals surface area contributed by atoms with Crippen LogP contribution in [0.25, 0.3) is 0 Å². The van der Waals surface area contributed by atoms with E-state index in [0.29, 0.717) is 38.8 Å². The van der Waals surface area contributed by atoms with Gasteiger partial charge >= 0.3 is 12.1 Å². The van der Waals surface area contributed by atoms with Crippen molar-refractivity contribution in [2.75, 3.05) is 39.8 Å². The molecule has 6 rings (SSSR count). The molecule has 6 nitrogen and oxygen atoms in total. The lowest BCUT2D eigenvalue weighted by molar-refractivity contribution is -0.362. The highest BCUT2D eigenvalue weighted by molar-refractivity contribution is 5.93. The molecule has 5 aliphatic rings. The first-order valence-electron chi connectivity index (χ1n) is 16.1. The Balaban J connectivity index is 1.31. The van der Waals surface area contributed by atoms with Gasteiger partial charge in [0.05, 0.1) is 6.54 Å². The minimum absolute atomic E-state index is 0.0150. The Labute approximate surface area is 260 Å². The van der Waals surface area contributed by atoms with E-state index in [4.69, 9.17) is 0 Å². The maximum Gasteiger partial charge on any atom is 0.456 e. The third-order valence-corrected chi connectivity index (χ3v) is 11.7. The van der Waals surface area contributed by atoms with Gasteiger partial charge < -0.3 is 10.4 Å². The van der Waals surface area contributed by atoms with Gasteiger partial charge in [-0.2, -0.15) is 22.0 Å². The molecule has 5 atom stereocenters. The van der Waals surface area contributed by atoms with Crippen molar-refractivity contribution in [1.29, 1.82) is 0 Å². The molecular weight excluding hydrogens is 593 g/mol. The van der Waals surface area contributed by atoms with Gasteiger partial charge in [-0.1, -0.05) is 36.8 Å². The van der Waals surface area contributed by atoms with E-state index in [9.17, 15) is 27.9 Å². The van der Waals surface area contributed by atoms with Crippen molar-refractivity contribution in [3.05, 3.63) is 58.2 Å². The van der Waals surface area contributed by atoms with E-state index in [1.807, 2.05) is 24.3 Å². The lowest BCUT2D eigenvalue weighted by Gasteiger charge is -2.56. The van der Waals surface area contributed by atoms with Crippen molar-refractivity contribution in [3.63, 3.8) is 0 Å². The predicted molar refractivity (Wildman–Crippen MR) is 158 cm³/mol. The summed E-state index contributed by atoms with van der Waals surface area (Å²) in [6.07, 6.45) is -2.67. The number of ketones is 1. The summed E-state index contributed by atoms with van der Waals surface area (Å²) in [6, 6.07) is 7.90. The Morgan fingerprint density at radius 3 is 2.31 bits per heavy atom. The van der Waals surface area contributed by atoms with Gasteiger partial charge in [0.15, 0.2) is 5.78 Å². The number of carbonyl (C=O) groups is 2. The monoisotopic (exact) mass is 635 g/mol. The fraction of sp³-hybridized carbons (Fsp3) is 0.647. The molecule has 1 aromatic rings. The normalized spacial score (nSPS) is 32.9. The first-order chi connectivity index (χ1) is 21.2. The molecule has 0 aromatic heterocycles. The van der Waals surface area contributed by atoms with Gasteiger partial charge in [0.2, 0.25) is 5.91 Å². The summed E-state index contributed by atoms with van der Waals surface area (Å²) in [7, 11) is 1.62. The number of likely N-dealkylation sites (N-methyl/N-ethyl adjacent to an activating group) is 1. The van der Waals surface area contributed by atoms with E-state index in [1.54, 1.807) is 13.1 Å². The van der Waals surface area contributed by atoms with E-state index >= 15 is 8.78 Å². The fourth-order valence-corrected chi connectivity index (χ4v) is 9.22. The number of nitrogens with zero attached hydrogens (tertiary/aromatic N) is 2. The first kappa shape index (κ1) is 32.3. The summed E-state index contributed by atoms with van der Waals surface area (Å²) in [5.74, 6) is -6.40. The van der Waals surface area contributed by atoms with Crippen LogP contribution in [0.15, 0.2) is 47.1 Å². The zero-order valence-electron chi connectivity index (χ0n) is 25.9. The van der Waals surface area contributed by atoms with E-state index in [1.165, 1.54) is 6.92 Å². The van der Waals surface area contributed by atoms with Crippen molar-refractivity contribution < 1.29 is 36.6 Å². The molecule has 3 fully saturated rings. The highest BCUT2D eigenvalue weighted by atomic mass is 19.4. The van der Waals surface area contributed by atoms with Gasteiger partial charge in [0.1, 0.15) is 5.60 Å². The number of amides is 1. The van der Waals surface area contributed by atoms with Gasteiger partial charge in [0.25, 0.3) is 0 Å². The Bertz CT molecular complexity index is 1400. The summed E-state index contributed by atoms with van der Waals surface area (Å²) >= 11 is 0. The number of alkyl halides is 5. The number of nitrogens with one attached hydrogen (secondary N) is 1. The van der Waals surface area contributed by atoms with Gasteiger partial charge in [-0.25, -0.2) is 0 Å². The number of hydrogen-bond acceptors (Lipinski definition) is 5. The maximum atomic E-state index is 15.2. The second kappa shape index (κ2) is 11.6. The smallest absolute Gasteiger partial charge is 0.383 e. The van der Waals surface area contributed by atoms with Crippen LogP contribution < -0.4 is 5.32 Å². The average Bonchev–Trinajstić information content (AvgIpc) is 3.28. The summed E-state index contributed by atoms with van der Waals surface area (Å²) in [5.41, 5.74) is 0.119. The van der Waals surface area contributed by atoms with Gasteiger partial charge in [-0.3, -0.25) is 19.4 Å². The van der Waals surface area contributed by atoms with E-state index in [-0.39, 0.29) is 30.4 Å². The van der Waals surface area contributed by atoms with Crippen molar-refractivity contribution in [1.82, 2.24) is 15.1 Å². The van der Waals surface area contributed by atoms with Crippen LogP contribution in [0.3, 0.4) is 0 Å². The third-order valence-electron chi connectivity index (χ3n) is 11.7. The molecule has 246 valence electrons. The number of benzene rings is 1. The van der Waals surface area contributed by atoms with E-state index in [2.05, 4.69) is 15.1 Å². The molecule has 1 aliphatic heterocycles. The summed E-state index contributed by atoms with van der Waals surface area (Å²) in [6.45, 7) is 5.67. The molecule has 1 heterocycles. The van der Waals surface area contributed by atoms with Crippen molar-refractivity contribution >= 4 is 11.7 Å². The Morgan fingerprint density at radius 1 is 1.00 bits per heavy atom. The number of fused-ring (bicyclic) bond motifs is 4. The number of carbonyl (C=O) groups excluding carboxylic acids is 2. The summed E-state index contributed by atoms with van der Waals surface area (Å²) in [5, 5.41) is 14.1. The lowest BCUT2D eigenvalue weighted by Crippen LogP contribution is -2.65. The molecule has 1 aromatic carbocycles. The molecule has 1 amide bonds. The van der Waals surface area contributed by atoms with Crippen LogP contribution in [0.1, 0.15) is 68.9 Å². The number of piperazine rings is 1. The first-order valence-corrected chi connectivity index (χ1v) is 16.1. The lowest BCUT2D eigenvalue weighted by atomic mass is 9.50. The van der Waals surface area contributed by atoms with Crippen molar-refractivity contribution in [2.45, 2.75) is 82.0 Å². The van der Waals surface area contributed by atoms with Crippen LogP contribution >= 0.6 is 0 Å². The average molecular weight is 636 g/mol. The number of allylic oxidation sites excluding steroid dienone is 4. The van der Waals surface area contributed by atoms with Crippen LogP contribution in [0.2, 0.25) is 0 Å². The van der Waals surface area contributed by atoms with Gasteiger partial charge in [-0.15, -0.1) is 0 Å². The Hall–Kier alpha value is -2.63. The van der Waals surface area contributed by atoms with Gasteiger partial charge in [-0.05, 0) is 78.7 Å². The second-order valence-electron chi connectivity index (χ2n) is 13.9. The molecule has 45 heavy (non-hydrogen) atoms. The van der Waals surface area contributed by atoms with Crippen molar-refractivity contribution in [3.8, 4) is 0 Å². The largest absolute Gasteiger partial charge is 0.456 e. The maximum absolute atomic E-state index is 15.2.